The zero-order valence-electron chi connectivity index (χ0n) is 9.22. The molecule has 0 aliphatic heterocycles. The molecule has 0 aliphatic rings. The van der Waals surface area contributed by atoms with Gasteiger partial charge in [0.15, 0.2) is 5.96 Å². The number of hydrogen-bond acceptors (Lipinski definition) is 2. The topological polar surface area (TPSA) is 77.3 Å². The van der Waals surface area contributed by atoms with Crippen molar-refractivity contribution in [2.24, 2.45) is 22.4 Å². The largest absolute Gasteiger partial charge is 0.370 e. The molecule has 4 N–H and O–H groups in total. The molecule has 4 heteroatoms. The molecule has 15 heavy (non-hydrogen) atoms. The van der Waals surface area contributed by atoms with Crippen LogP contribution in [0.25, 0.3) is 0 Å². The highest BCUT2D eigenvalue weighted by atomic mass is 15.0. The van der Waals surface area contributed by atoms with Gasteiger partial charge in [-0.1, -0.05) is 19.9 Å². The van der Waals surface area contributed by atoms with Gasteiger partial charge in [-0.05, 0) is 17.5 Å². The molecule has 1 rings (SSSR count). The van der Waals surface area contributed by atoms with E-state index in [1.807, 2.05) is 12.3 Å². The number of nitrogens with two attached hydrogens (primary N) is 2. The van der Waals surface area contributed by atoms with E-state index in [0.717, 1.165) is 0 Å². The molecule has 0 radical (unpaired) electrons. The summed E-state index contributed by atoms with van der Waals surface area (Å²) in [5.41, 5.74) is 11.8. The summed E-state index contributed by atoms with van der Waals surface area (Å²) in [4.78, 5) is 8.17. The lowest BCUT2D eigenvalue weighted by Gasteiger charge is -2.18. The lowest BCUT2D eigenvalue weighted by molar-refractivity contribution is 0.505. The van der Waals surface area contributed by atoms with Crippen LogP contribution in [0.2, 0.25) is 0 Å². The number of aliphatic imine (C=N–C) groups is 1. The van der Waals surface area contributed by atoms with Crippen LogP contribution in [0.4, 0.5) is 0 Å². The van der Waals surface area contributed by atoms with Gasteiger partial charge in [-0.15, -0.1) is 0 Å². The second kappa shape index (κ2) is 5.34. The van der Waals surface area contributed by atoms with Crippen molar-refractivity contribution in [2.75, 3.05) is 6.54 Å². The van der Waals surface area contributed by atoms with Gasteiger partial charge < -0.3 is 11.5 Å². The molecule has 0 fully saturated rings. The first-order valence-electron chi connectivity index (χ1n) is 5.06. The number of guanidine groups is 1. The zero-order valence-corrected chi connectivity index (χ0v) is 9.22. The van der Waals surface area contributed by atoms with Gasteiger partial charge in [0.2, 0.25) is 0 Å². The van der Waals surface area contributed by atoms with E-state index in [9.17, 15) is 0 Å². The zero-order chi connectivity index (χ0) is 11.3. The normalized spacial score (nSPS) is 12.5. The SMILES string of the molecule is CC(C)[C@@H](CN=C(N)N)c1cccnc1. The minimum absolute atomic E-state index is 0.143. The second-order valence-corrected chi connectivity index (χ2v) is 3.90. The number of pyridine rings is 1. The predicted octanol–water partition coefficient (Wildman–Crippen LogP) is 1.09. The van der Waals surface area contributed by atoms with Crippen molar-refractivity contribution >= 4 is 5.96 Å². The second-order valence-electron chi connectivity index (χ2n) is 3.90. The van der Waals surface area contributed by atoms with Gasteiger partial charge in [0.1, 0.15) is 0 Å². The molecular weight excluding hydrogens is 188 g/mol. The van der Waals surface area contributed by atoms with Crippen molar-refractivity contribution in [3.8, 4) is 0 Å². The fourth-order valence-electron chi connectivity index (χ4n) is 1.50. The Balaban J connectivity index is 2.80. The summed E-state index contributed by atoms with van der Waals surface area (Å²) in [6, 6.07) is 3.99. The first kappa shape index (κ1) is 11.5. The maximum Gasteiger partial charge on any atom is 0.185 e. The standard InChI is InChI=1S/C11H18N4/c1-8(2)10(7-15-11(12)13)9-4-3-5-14-6-9/h3-6,8,10H,7H2,1-2H3,(H4,12,13,15)/t10-/m1/s1. The Morgan fingerprint density at radius 1 is 1.47 bits per heavy atom. The molecule has 1 aromatic rings. The van der Waals surface area contributed by atoms with Crippen molar-refractivity contribution in [3.63, 3.8) is 0 Å². The summed E-state index contributed by atoms with van der Waals surface area (Å²) in [5, 5.41) is 0. The first-order valence-corrected chi connectivity index (χ1v) is 5.06. The molecule has 1 atom stereocenters. The average molecular weight is 206 g/mol. The molecule has 0 unspecified atom stereocenters. The maximum atomic E-state index is 5.33. The molecule has 0 spiro atoms. The predicted molar refractivity (Wildman–Crippen MR) is 62.5 cm³/mol. The van der Waals surface area contributed by atoms with Crippen LogP contribution >= 0.6 is 0 Å². The lowest BCUT2D eigenvalue weighted by Crippen LogP contribution is -2.24. The Labute approximate surface area is 90.4 Å². The number of rotatable bonds is 4. The molecule has 0 amide bonds. The average Bonchev–Trinajstić information content (AvgIpc) is 2.18. The fourth-order valence-corrected chi connectivity index (χ4v) is 1.50. The lowest BCUT2D eigenvalue weighted by atomic mass is 9.89. The van der Waals surface area contributed by atoms with Gasteiger partial charge in [-0.3, -0.25) is 9.98 Å². The smallest absolute Gasteiger partial charge is 0.185 e. The van der Waals surface area contributed by atoms with Crippen molar-refractivity contribution in [1.29, 1.82) is 0 Å². The van der Waals surface area contributed by atoms with Gasteiger partial charge in [-0.25, -0.2) is 0 Å². The fraction of sp³-hybridized carbons (Fsp3) is 0.455. The Morgan fingerprint density at radius 2 is 2.20 bits per heavy atom. The van der Waals surface area contributed by atoms with Crippen molar-refractivity contribution in [3.05, 3.63) is 30.1 Å². The molecule has 1 heterocycles. The van der Waals surface area contributed by atoms with E-state index in [1.165, 1.54) is 5.56 Å². The van der Waals surface area contributed by atoms with Crippen LogP contribution in [0, 0.1) is 5.92 Å². The van der Waals surface area contributed by atoms with Gasteiger partial charge in [0.05, 0.1) is 0 Å². The number of aromatic nitrogens is 1. The van der Waals surface area contributed by atoms with Crippen LogP contribution in [0.15, 0.2) is 29.5 Å². The monoisotopic (exact) mass is 206 g/mol. The molecule has 0 aliphatic carbocycles. The summed E-state index contributed by atoms with van der Waals surface area (Å²) in [5.74, 6) is 0.947. The summed E-state index contributed by atoms with van der Waals surface area (Å²) >= 11 is 0. The summed E-state index contributed by atoms with van der Waals surface area (Å²) in [7, 11) is 0. The highest BCUT2D eigenvalue weighted by molar-refractivity contribution is 5.75. The highest BCUT2D eigenvalue weighted by Crippen LogP contribution is 2.23. The van der Waals surface area contributed by atoms with E-state index >= 15 is 0 Å². The van der Waals surface area contributed by atoms with E-state index < -0.39 is 0 Å². The van der Waals surface area contributed by atoms with Crippen molar-refractivity contribution in [2.45, 2.75) is 19.8 Å². The van der Waals surface area contributed by atoms with Crippen LogP contribution in [0.1, 0.15) is 25.3 Å². The third-order valence-electron chi connectivity index (χ3n) is 2.39. The van der Waals surface area contributed by atoms with Crippen molar-refractivity contribution in [1.82, 2.24) is 4.98 Å². The summed E-state index contributed by atoms with van der Waals surface area (Å²) < 4.78 is 0. The first-order chi connectivity index (χ1) is 7.11. The van der Waals surface area contributed by atoms with Crippen molar-refractivity contribution < 1.29 is 0 Å². The van der Waals surface area contributed by atoms with Crippen LogP contribution < -0.4 is 11.5 Å². The van der Waals surface area contributed by atoms with Gasteiger partial charge >= 0.3 is 0 Å². The van der Waals surface area contributed by atoms with Crippen LogP contribution in [-0.4, -0.2) is 17.5 Å². The molecular formula is C11H18N4. The Bertz CT molecular complexity index is 315. The third kappa shape index (κ3) is 3.58. The van der Waals surface area contributed by atoms with E-state index in [4.69, 9.17) is 11.5 Å². The molecule has 0 bridgehead atoms. The summed E-state index contributed by atoms with van der Waals surface area (Å²) in [6.07, 6.45) is 3.63. The highest BCUT2D eigenvalue weighted by Gasteiger charge is 2.15. The molecule has 1 aromatic heterocycles. The number of hydrogen-bond donors (Lipinski definition) is 2. The Hall–Kier alpha value is -1.58. The summed E-state index contributed by atoms with van der Waals surface area (Å²) in [6.45, 7) is 4.92. The van der Waals surface area contributed by atoms with E-state index in [2.05, 4.69) is 29.9 Å². The number of nitrogens with zero attached hydrogens (tertiary/aromatic N) is 2. The Kier molecular flexibility index (Phi) is 4.09. The van der Waals surface area contributed by atoms with Gasteiger partial charge in [-0.2, -0.15) is 0 Å². The van der Waals surface area contributed by atoms with E-state index in [-0.39, 0.29) is 5.96 Å². The van der Waals surface area contributed by atoms with Crippen LogP contribution in [-0.2, 0) is 0 Å². The van der Waals surface area contributed by atoms with Gasteiger partial charge in [0.25, 0.3) is 0 Å². The molecule has 0 saturated heterocycles. The maximum absolute atomic E-state index is 5.33. The molecule has 4 nitrogen and oxygen atoms in total. The minimum atomic E-state index is 0.143. The Morgan fingerprint density at radius 3 is 2.67 bits per heavy atom. The van der Waals surface area contributed by atoms with Gasteiger partial charge in [0, 0.05) is 24.9 Å². The molecule has 0 aromatic carbocycles. The van der Waals surface area contributed by atoms with Crippen LogP contribution in [0.5, 0.6) is 0 Å². The quantitative estimate of drug-likeness (QED) is 0.572. The van der Waals surface area contributed by atoms with E-state index in [1.54, 1.807) is 6.20 Å². The third-order valence-corrected chi connectivity index (χ3v) is 2.39. The molecule has 82 valence electrons. The molecule has 0 saturated carbocycles. The van der Waals surface area contributed by atoms with Crippen LogP contribution in [0.3, 0.4) is 0 Å². The minimum Gasteiger partial charge on any atom is -0.370 e. The van der Waals surface area contributed by atoms with E-state index in [0.29, 0.717) is 18.4 Å².